The largest absolute Gasteiger partial charge is 0.491 e. The van der Waals surface area contributed by atoms with E-state index in [4.69, 9.17) is 15.6 Å². The van der Waals surface area contributed by atoms with Crippen LogP contribution in [0.3, 0.4) is 0 Å². The van der Waals surface area contributed by atoms with Gasteiger partial charge in [-0.1, -0.05) is 18.2 Å². The highest BCUT2D eigenvalue weighted by molar-refractivity contribution is 5.65. The number of nitrogen functional groups attached to an aromatic ring is 1. The molecule has 2 N–H and O–H groups in total. The number of benzene rings is 1. The fraction of sp³-hybridized carbons (Fsp3) is 0.261. The Kier molecular flexibility index (Phi) is 5.14. The standard InChI is InChI=1S/C23H22N8O2/c1-2-33-18-10-12-30-19(18)23(32)31(15-7-4-3-5-8-15)22(28-30)17-9-6-11-29(17)21-16(13-24)20(25)26-14-27-21/h3-5,7-8,10,12,14,17H,2,6,9,11H2,1H3,(H2,25,26,27)/t17-/m0/s1. The highest BCUT2D eigenvalue weighted by Gasteiger charge is 2.34. The van der Waals surface area contributed by atoms with Crippen LogP contribution in [0.5, 0.6) is 5.75 Å². The van der Waals surface area contributed by atoms with Crippen molar-refractivity contribution in [2.24, 2.45) is 0 Å². The van der Waals surface area contributed by atoms with Crippen molar-refractivity contribution in [3.63, 3.8) is 0 Å². The summed E-state index contributed by atoms with van der Waals surface area (Å²) >= 11 is 0. The van der Waals surface area contributed by atoms with Gasteiger partial charge in [-0.05, 0) is 31.9 Å². The predicted octanol–water partition coefficient (Wildman–Crippen LogP) is 2.47. The first kappa shape index (κ1) is 20.5. The molecule has 3 aromatic heterocycles. The number of fused-ring (bicyclic) bond motifs is 1. The van der Waals surface area contributed by atoms with Crippen molar-refractivity contribution in [1.29, 1.82) is 5.26 Å². The summed E-state index contributed by atoms with van der Waals surface area (Å²) in [5, 5.41) is 14.5. The molecule has 166 valence electrons. The van der Waals surface area contributed by atoms with Gasteiger partial charge in [0.2, 0.25) is 0 Å². The summed E-state index contributed by atoms with van der Waals surface area (Å²) in [7, 11) is 0. The van der Waals surface area contributed by atoms with Gasteiger partial charge in [0, 0.05) is 18.8 Å². The SMILES string of the molecule is CCOc1ccn2nc([C@@H]3CCCN3c3ncnc(N)c3C#N)n(-c3ccccc3)c(=O)c12. The number of para-hydroxylation sites is 1. The van der Waals surface area contributed by atoms with E-state index >= 15 is 0 Å². The Labute approximate surface area is 189 Å². The maximum atomic E-state index is 13.8. The Morgan fingerprint density at radius 3 is 2.82 bits per heavy atom. The third kappa shape index (κ3) is 3.34. The number of rotatable bonds is 5. The van der Waals surface area contributed by atoms with Crippen LogP contribution in [-0.4, -0.2) is 37.3 Å². The molecule has 1 aromatic carbocycles. The van der Waals surface area contributed by atoms with Crippen molar-refractivity contribution in [2.45, 2.75) is 25.8 Å². The number of aromatic nitrogens is 5. The quantitative estimate of drug-likeness (QED) is 0.499. The molecule has 1 fully saturated rings. The summed E-state index contributed by atoms with van der Waals surface area (Å²) in [4.78, 5) is 24.1. The predicted molar refractivity (Wildman–Crippen MR) is 122 cm³/mol. The third-order valence-corrected chi connectivity index (χ3v) is 5.78. The first-order valence-corrected chi connectivity index (χ1v) is 10.7. The molecule has 33 heavy (non-hydrogen) atoms. The topological polar surface area (TPSA) is 127 Å². The number of hydrogen-bond acceptors (Lipinski definition) is 8. The summed E-state index contributed by atoms with van der Waals surface area (Å²) in [5.74, 6) is 1.62. The molecule has 4 aromatic rings. The number of nitriles is 1. The molecular formula is C23H22N8O2. The van der Waals surface area contributed by atoms with E-state index in [9.17, 15) is 10.1 Å². The highest BCUT2D eigenvalue weighted by Crippen LogP contribution is 2.37. The minimum atomic E-state index is -0.290. The van der Waals surface area contributed by atoms with Crippen molar-refractivity contribution in [2.75, 3.05) is 23.8 Å². The first-order chi connectivity index (χ1) is 16.1. The average Bonchev–Trinajstić information content (AvgIpc) is 3.47. The van der Waals surface area contributed by atoms with E-state index in [0.29, 0.717) is 41.7 Å². The zero-order valence-corrected chi connectivity index (χ0v) is 18.0. The molecule has 1 aliphatic rings. The lowest BCUT2D eigenvalue weighted by Crippen LogP contribution is -2.33. The van der Waals surface area contributed by atoms with Crippen LogP contribution in [0.1, 0.15) is 37.2 Å². The molecule has 0 radical (unpaired) electrons. The molecule has 10 heteroatoms. The fourth-order valence-electron chi connectivity index (χ4n) is 4.37. The molecule has 0 spiro atoms. The molecule has 1 atom stereocenters. The van der Waals surface area contributed by atoms with Crippen LogP contribution in [0.15, 0.2) is 53.7 Å². The minimum absolute atomic E-state index is 0.128. The number of anilines is 2. The number of nitrogens with zero attached hydrogens (tertiary/aromatic N) is 7. The monoisotopic (exact) mass is 442 g/mol. The molecule has 10 nitrogen and oxygen atoms in total. The summed E-state index contributed by atoms with van der Waals surface area (Å²) in [6.45, 7) is 2.96. The Morgan fingerprint density at radius 2 is 2.06 bits per heavy atom. The van der Waals surface area contributed by atoms with E-state index in [-0.39, 0.29) is 23.0 Å². The first-order valence-electron chi connectivity index (χ1n) is 10.7. The van der Waals surface area contributed by atoms with Gasteiger partial charge >= 0.3 is 0 Å². The summed E-state index contributed by atoms with van der Waals surface area (Å²) in [6, 6.07) is 13.0. The Morgan fingerprint density at radius 1 is 1.24 bits per heavy atom. The highest BCUT2D eigenvalue weighted by atomic mass is 16.5. The van der Waals surface area contributed by atoms with Crippen LogP contribution >= 0.6 is 0 Å². The van der Waals surface area contributed by atoms with Crippen LogP contribution < -0.4 is 20.9 Å². The summed E-state index contributed by atoms with van der Waals surface area (Å²) < 4.78 is 8.87. The van der Waals surface area contributed by atoms with E-state index in [2.05, 4.69) is 16.0 Å². The maximum Gasteiger partial charge on any atom is 0.286 e. The van der Waals surface area contributed by atoms with Crippen LogP contribution in [-0.2, 0) is 0 Å². The molecule has 0 unspecified atom stereocenters. The second kappa shape index (κ2) is 8.27. The molecular weight excluding hydrogens is 420 g/mol. The van der Waals surface area contributed by atoms with Crippen LogP contribution in [0.2, 0.25) is 0 Å². The lowest BCUT2D eigenvalue weighted by Gasteiger charge is -2.28. The maximum absolute atomic E-state index is 13.8. The second-order valence-electron chi connectivity index (χ2n) is 7.66. The zero-order valence-electron chi connectivity index (χ0n) is 18.0. The van der Waals surface area contributed by atoms with Gasteiger partial charge in [-0.2, -0.15) is 10.4 Å². The lowest BCUT2D eigenvalue weighted by atomic mass is 10.1. The van der Waals surface area contributed by atoms with Gasteiger partial charge in [-0.15, -0.1) is 0 Å². The molecule has 1 aliphatic heterocycles. The third-order valence-electron chi connectivity index (χ3n) is 5.78. The van der Waals surface area contributed by atoms with Crippen LogP contribution in [0.4, 0.5) is 11.6 Å². The number of ether oxygens (including phenoxy) is 1. The Balaban J connectivity index is 1.75. The van der Waals surface area contributed by atoms with Crippen molar-refractivity contribution in [1.82, 2.24) is 24.1 Å². The van der Waals surface area contributed by atoms with Crippen LogP contribution in [0.25, 0.3) is 11.2 Å². The average molecular weight is 442 g/mol. The Hall–Kier alpha value is -4.39. The smallest absolute Gasteiger partial charge is 0.286 e. The van der Waals surface area contributed by atoms with Gasteiger partial charge in [0.1, 0.15) is 23.8 Å². The van der Waals surface area contributed by atoms with Crippen molar-refractivity contribution < 1.29 is 4.74 Å². The second-order valence-corrected chi connectivity index (χ2v) is 7.66. The van der Waals surface area contributed by atoms with E-state index in [1.54, 1.807) is 21.3 Å². The van der Waals surface area contributed by atoms with Crippen molar-refractivity contribution in [3.05, 3.63) is 70.7 Å². The molecule has 4 heterocycles. The molecule has 0 bridgehead atoms. The van der Waals surface area contributed by atoms with Crippen molar-refractivity contribution in [3.8, 4) is 17.5 Å². The van der Waals surface area contributed by atoms with E-state index in [0.717, 1.165) is 12.8 Å². The van der Waals surface area contributed by atoms with Gasteiger partial charge in [0.25, 0.3) is 5.56 Å². The van der Waals surface area contributed by atoms with Gasteiger partial charge in [-0.3, -0.25) is 9.36 Å². The zero-order chi connectivity index (χ0) is 22.9. The van der Waals surface area contributed by atoms with E-state index in [1.807, 2.05) is 42.2 Å². The summed E-state index contributed by atoms with van der Waals surface area (Å²) in [6.07, 6.45) is 4.66. The van der Waals surface area contributed by atoms with Gasteiger partial charge < -0.3 is 15.4 Å². The van der Waals surface area contributed by atoms with Crippen molar-refractivity contribution >= 4 is 17.2 Å². The van der Waals surface area contributed by atoms with Gasteiger partial charge in [-0.25, -0.2) is 14.5 Å². The summed E-state index contributed by atoms with van der Waals surface area (Å²) in [5.41, 5.74) is 7.01. The molecule has 0 saturated carbocycles. The minimum Gasteiger partial charge on any atom is -0.491 e. The molecule has 0 aliphatic carbocycles. The number of hydrogen-bond donors (Lipinski definition) is 1. The van der Waals surface area contributed by atoms with E-state index < -0.39 is 0 Å². The van der Waals surface area contributed by atoms with Crippen LogP contribution in [0, 0.1) is 11.3 Å². The van der Waals surface area contributed by atoms with E-state index in [1.165, 1.54) is 6.33 Å². The molecule has 1 saturated heterocycles. The van der Waals surface area contributed by atoms with Gasteiger partial charge in [0.05, 0.1) is 18.3 Å². The normalized spacial score (nSPS) is 15.6. The number of nitrogens with two attached hydrogens (primary N) is 1. The van der Waals surface area contributed by atoms with Gasteiger partial charge in [0.15, 0.2) is 22.9 Å². The lowest BCUT2D eigenvalue weighted by molar-refractivity contribution is 0.344. The molecule has 0 amide bonds. The fourth-order valence-corrected chi connectivity index (χ4v) is 4.37. The molecule has 5 rings (SSSR count). The Bertz CT molecular complexity index is 1420.